The Morgan fingerprint density at radius 1 is 1.19 bits per heavy atom. The molecule has 4 rings (SSSR count). The molecule has 1 aromatic carbocycles. The lowest BCUT2D eigenvalue weighted by atomic mass is 9.90. The number of hydrogen-bond donors (Lipinski definition) is 2. The van der Waals surface area contributed by atoms with E-state index in [9.17, 15) is 13.2 Å². The van der Waals surface area contributed by atoms with Gasteiger partial charge >= 0.3 is 6.18 Å². The van der Waals surface area contributed by atoms with Gasteiger partial charge in [0.2, 0.25) is 0 Å². The number of alkyl halides is 3. The summed E-state index contributed by atoms with van der Waals surface area (Å²) in [5, 5.41) is 0. The van der Waals surface area contributed by atoms with Crippen LogP contribution in [-0.4, -0.2) is 32.9 Å². The van der Waals surface area contributed by atoms with Crippen molar-refractivity contribution in [2.75, 3.05) is 13.1 Å². The highest BCUT2D eigenvalue weighted by Crippen LogP contribution is 2.34. The number of aryl methyl sites for hydroxylation is 1. The van der Waals surface area contributed by atoms with Crippen LogP contribution in [0.4, 0.5) is 13.2 Å². The number of H-pyrrole nitrogens is 1. The van der Waals surface area contributed by atoms with E-state index in [1.54, 1.807) is 0 Å². The molecule has 0 radical (unpaired) electrons. The van der Waals surface area contributed by atoms with E-state index in [4.69, 9.17) is 5.73 Å². The third kappa shape index (κ3) is 5.45. The molecule has 0 saturated carbocycles. The Balaban J connectivity index is 0.00000272. The standard InChI is InChI=1S/C22H26F3N5.BrH/c23-22(24,25)16-8-9-17-18(13-16)29-20(28-17)14-30(12-2-1-10-26)19-7-3-5-15-6-4-11-27-21(15)19;/h4,6,8-9,11,13,19H,1-3,5,7,10,12,14,26H2,(H,28,29);1H. The van der Waals surface area contributed by atoms with Crippen molar-refractivity contribution in [2.24, 2.45) is 5.73 Å². The van der Waals surface area contributed by atoms with Crippen LogP contribution in [0.1, 0.15) is 54.4 Å². The van der Waals surface area contributed by atoms with Crippen molar-refractivity contribution < 1.29 is 13.2 Å². The monoisotopic (exact) mass is 497 g/mol. The molecule has 2 aromatic heterocycles. The Kier molecular flexibility index (Phi) is 7.72. The summed E-state index contributed by atoms with van der Waals surface area (Å²) in [4.78, 5) is 14.6. The summed E-state index contributed by atoms with van der Waals surface area (Å²) in [6.45, 7) is 2.00. The van der Waals surface area contributed by atoms with E-state index in [1.165, 1.54) is 11.6 Å². The molecule has 31 heavy (non-hydrogen) atoms. The van der Waals surface area contributed by atoms with Gasteiger partial charge in [0.05, 0.1) is 34.9 Å². The third-order valence-electron chi connectivity index (χ3n) is 5.72. The van der Waals surface area contributed by atoms with E-state index in [2.05, 4.69) is 25.9 Å². The van der Waals surface area contributed by atoms with Gasteiger partial charge in [-0.25, -0.2) is 4.98 Å². The number of aromatic nitrogens is 3. The third-order valence-corrected chi connectivity index (χ3v) is 5.72. The number of fused-ring (bicyclic) bond motifs is 2. The van der Waals surface area contributed by atoms with Gasteiger partial charge < -0.3 is 10.7 Å². The Hall–Kier alpha value is -1.97. The minimum atomic E-state index is -4.37. The number of rotatable bonds is 7. The normalized spacial score (nSPS) is 16.4. The van der Waals surface area contributed by atoms with Crippen molar-refractivity contribution in [3.05, 3.63) is 59.2 Å². The van der Waals surface area contributed by atoms with Crippen molar-refractivity contribution >= 4 is 28.0 Å². The highest BCUT2D eigenvalue weighted by atomic mass is 79.9. The minimum absolute atomic E-state index is 0. The fourth-order valence-corrected chi connectivity index (χ4v) is 4.25. The number of unbranched alkanes of at least 4 members (excludes halogenated alkanes) is 1. The second-order valence-electron chi connectivity index (χ2n) is 7.84. The number of halogens is 4. The molecule has 3 aromatic rings. The lowest BCUT2D eigenvalue weighted by molar-refractivity contribution is -0.137. The number of imidazole rings is 1. The highest BCUT2D eigenvalue weighted by Gasteiger charge is 2.31. The Labute approximate surface area is 190 Å². The zero-order valence-corrected chi connectivity index (χ0v) is 18.9. The molecule has 1 aliphatic rings. The lowest BCUT2D eigenvalue weighted by Crippen LogP contribution is -2.33. The average molecular weight is 498 g/mol. The molecule has 1 atom stereocenters. The van der Waals surface area contributed by atoms with Crippen molar-refractivity contribution in [3.8, 4) is 0 Å². The average Bonchev–Trinajstić information content (AvgIpc) is 3.14. The van der Waals surface area contributed by atoms with Crippen LogP contribution in [0.3, 0.4) is 0 Å². The Morgan fingerprint density at radius 2 is 2.03 bits per heavy atom. The van der Waals surface area contributed by atoms with Crippen molar-refractivity contribution in [2.45, 2.75) is 50.9 Å². The lowest BCUT2D eigenvalue weighted by Gasteiger charge is -2.34. The maximum absolute atomic E-state index is 13.0. The summed E-state index contributed by atoms with van der Waals surface area (Å²) < 4.78 is 39.1. The van der Waals surface area contributed by atoms with E-state index in [-0.39, 0.29) is 23.0 Å². The predicted molar refractivity (Wildman–Crippen MR) is 120 cm³/mol. The van der Waals surface area contributed by atoms with Crippen LogP contribution >= 0.6 is 17.0 Å². The molecule has 0 saturated heterocycles. The molecular weight excluding hydrogens is 471 g/mol. The van der Waals surface area contributed by atoms with Crippen LogP contribution in [0.15, 0.2) is 36.5 Å². The molecule has 0 fully saturated rings. The fourth-order valence-electron chi connectivity index (χ4n) is 4.25. The van der Waals surface area contributed by atoms with Gasteiger partial charge in [0.25, 0.3) is 0 Å². The smallest absolute Gasteiger partial charge is 0.341 e. The van der Waals surface area contributed by atoms with Gasteiger partial charge in [0.1, 0.15) is 5.82 Å². The molecule has 0 amide bonds. The van der Waals surface area contributed by atoms with Crippen LogP contribution in [0.5, 0.6) is 0 Å². The van der Waals surface area contributed by atoms with Gasteiger partial charge in [0, 0.05) is 6.20 Å². The topological polar surface area (TPSA) is 70.8 Å². The van der Waals surface area contributed by atoms with Gasteiger partial charge in [-0.3, -0.25) is 9.88 Å². The molecule has 0 bridgehead atoms. The largest absolute Gasteiger partial charge is 0.416 e. The molecule has 1 unspecified atom stereocenters. The van der Waals surface area contributed by atoms with E-state index in [0.29, 0.717) is 29.9 Å². The van der Waals surface area contributed by atoms with E-state index in [1.807, 2.05) is 12.3 Å². The number of nitrogens with zero attached hydrogens (tertiary/aromatic N) is 3. The van der Waals surface area contributed by atoms with Crippen LogP contribution in [-0.2, 0) is 19.1 Å². The Morgan fingerprint density at radius 3 is 2.81 bits per heavy atom. The van der Waals surface area contributed by atoms with E-state index < -0.39 is 11.7 Å². The summed E-state index contributed by atoms with van der Waals surface area (Å²) >= 11 is 0. The first-order valence-electron chi connectivity index (χ1n) is 10.4. The molecule has 3 N–H and O–H groups in total. The number of aromatic amines is 1. The molecule has 1 aliphatic carbocycles. The summed E-state index contributed by atoms with van der Waals surface area (Å²) in [5.41, 5.74) is 8.34. The SMILES string of the molecule is Br.NCCCCN(Cc1nc2ccc(C(F)(F)F)cc2[nH]1)C1CCCc2cccnc21. The van der Waals surface area contributed by atoms with Crippen LogP contribution < -0.4 is 5.73 Å². The van der Waals surface area contributed by atoms with Crippen molar-refractivity contribution in [3.63, 3.8) is 0 Å². The van der Waals surface area contributed by atoms with Crippen molar-refractivity contribution in [1.29, 1.82) is 0 Å². The van der Waals surface area contributed by atoms with Crippen LogP contribution in [0, 0.1) is 0 Å². The highest BCUT2D eigenvalue weighted by molar-refractivity contribution is 8.93. The van der Waals surface area contributed by atoms with E-state index >= 15 is 0 Å². The minimum Gasteiger partial charge on any atom is -0.341 e. The number of hydrogen-bond acceptors (Lipinski definition) is 4. The quantitative estimate of drug-likeness (QED) is 0.441. The second kappa shape index (κ2) is 10.1. The molecule has 0 aliphatic heterocycles. The molecule has 168 valence electrons. The maximum Gasteiger partial charge on any atom is 0.416 e. The summed E-state index contributed by atoms with van der Waals surface area (Å²) in [5.74, 6) is 0.667. The Bertz CT molecular complexity index is 1000. The van der Waals surface area contributed by atoms with Crippen molar-refractivity contribution in [1.82, 2.24) is 19.9 Å². The van der Waals surface area contributed by atoms with Crippen LogP contribution in [0.2, 0.25) is 0 Å². The summed E-state index contributed by atoms with van der Waals surface area (Å²) in [6, 6.07) is 7.90. The number of benzene rings is 1. The summed E-state index contributed by atoms with van der Waals surface area (Å²) in [6.07, 6.45) is 2.46. The number of nitrogens with one attached hydrogen (secondary N) is 1. The van der Waals surface area contributed by atoms with Gasteiger partial charge in [-0.05, 0) is 75.0 Å². The molecular formula is C22H27BrF3N5. The second-order valence-corrected chi connectivity index (χ2v) is 7.84. The van der Waals surface area contributed by atoms with Crippen LogP contribution in [0.25, 0.3) is 11.0 Å². The zero-order chi connectivity index (χ0) is 21.1. The van der Waals surface area contributed by atoms with Gasteiger partial charge in [-0.2, -0.15) is 13.2 Å². The first kappa shape index (κ1) is 23.7. The van der Waals surface area contributed by atoms with Gasteiger partial charge in [-0.1, -0.05) is 6.07 Å². The molecule has 9 heteroatoms. The number of pyridine rings is 1. The molecule has 0 spiro atoms. The maximum atomic E-state index is 13.0. The zero-order valence-electron chi connectivity index (χ0n) is 17.2. The first-order chi connectivity index (χ1) is 14.5. The fraction of sp³-hybridized carbons (Fsp3) is 0.455. The number of nitrogens with two attached hydrogens (primary N) is 1. The molecule has 2 heterocycles. The van der Waals surface area contributed by atoms with E-state index in [0.717, 1.165) is 56.5 Å². The van der Waals surface area contributed by atoms with Gasteiger partial charge in [-0.15, -0.1) is 17.0 Å². The predicted octanol–water partition coefficient (Wildman–Crippen LogP) is 5.17. The summed E-state index contributed by atoms with van der Waals surface area (Å²) in [7, 11) is 0. The van der Waals surface area contributed by atoms with Gasteiger partial charge in [0.15, 0.2) is 0 Å². The molecule has 5 nitrogen and oxygen atoms in total. The first-order valence-corrected chi connectivity index (χ1v) is 10.4.